The molecule has 0 bridgehead atoms. The summed E-state index contributed by atoms with van der Waals surface area (Å²) in [6.07, 6.45) is 8.01. The third-order valence-corrected chi connectivity index (χ3v) is 3.72. The van der Waals surface area contributed by atoms with Gasteiger partial charge in [0.15, 0.2) is 0 Å². The Morgan fingerprint density at radius 1 is 1.43 bits per heavy atom. The van der Waals surface area contributed by atoms with Crippen LogP contribution in [0, 0.1) is 5.41 Å². The molecule has 0 amide bonds. The Balaban J connectivity index is 1.65. The van der Waals surface area contributed by atoms with Crippen molar-refractivity contribution in [3.05, 3.63) is 12.5 Å². The van der Waals surface area contributed by atoms with Crippen molar-refractivity contribution in [2.24, 2.45) is 5.41 Å². The lowest BCUT2D eigenvalue weighted by molar-refractivity contribution is -0.106. The molecule has 1 aromatic rings. The van der Waals surface area contributed by atoms with Crippen LogP contribution in [0.5, 0.6) is 0 Å². The predicted molar refractivity (Wildman–Crippen MR) is 52.6 cm³/mol. The number of anilines is 1. The van der Waals surface area contributed by atoms with Crippen LogP contribution in [0.1, 0.15) is 31.7 Å². The summed E-state index contributed by atoms with van der Waals surface area (Å²) in [5.41, 5.74) is 6.02. The zero-order chi connectivity index (χ0) is 9.76. The van der Waals surface area contributed by atoms with Gasteiger partial charge < -0.3 is 15.4 Å². The van der Waals surface area contributed by atoms with E-state index in [2.05, 4.69) is 9.55 Å². The molecule has 2 fully saturated rings. The van der Waals surface area contributed by atoms with Crippen molar-refractivity contribution in [2.45, 2.75) is 37.8 Å². The van der Waals surface area contributed by atoms with Crippen LogP contribution in [-0.4, -0.2) is 20.8 Å². The van der Waals surface area contributed by atoms with Crippen molar-refractivity contribution in [1.82, 2.24) is 9.55 Å². The van der Waals surface area contributed by atoms with Gasteiger partial charge in [-0.05, 0) is 31.1 Å². The number of rotatable bonds is 1. The zero-order valence-corrected chi connectivity index (χ0v) is 8.06. The molecule has 0 radical (unpaired) electrons. The number of hydrogen-bond donors (Lipinski definition) is 2. The van der Waals surface area contributed by atoms with Crippen LogP contribution in [0.25, 0.3) is 0 Å². The Morgan fingerprint density at radius 2 is 2.14 bits per heavy atom. The summed E-state index contributed by atoms with van der Waals surface area (Å²) < 4.78 is 2.10. The summed E-state index contributed by atoms with van der Waals surface area (Å²) in [7, 11) is 0. The Hall–Kier alpha value is -1.03. The van der Waals surface area contributed by atoms with E-state index in [4.69, 9.17) is 5.73 Å². The average molecular weight is 193 g/mol. The third kappa shape index (κ3) is 1.07. The Labute approximate surface area is 82.7 Å². The lowest BCUT2D eigenvalue weighted by Crippen LogP contribution is -2.50. The van der Waals surface area contributed by atoms with Crippen LogP contribution >= 0.6 is 0 Å². The first-order chi connectivity index (χ1) is 6.67. The predicted octanol–water partition coefficient (Wildman–Crippen LogP) is 0.941. The minimum absolute atomic E-state index is 0.0381. The number of nitrogens with zero attached hydrogens (tertiary/aromatic N) is 2. The molecule has 0 unspecified atom stereocenters. The smallest absolute Gasteiger partial charge is 0.141 e. The second kappa shape index (κ2) is 2.51. The first-order valence-corrected chi connectivity index (χ1v) is 5.14. The standard InChI is InChI=1S/C10H15N3O/c11-9-5-13(6-12-9)7-1-10(2-7)3-8(14)4-10/h5-8,14H,1-4,11H2. The SMILES string of the molecule is Nc1cn(C2CC3(CC(O)C3)C2)cn1. The number of nitrogens with two attached hydrogens (primary N) is 1. The van der Waals surface area contributed by atoms with Crippen molar-refractivity contribution in [2.75, 3.05) is 5.73 Å². The maximum absolute atomic E-state index is 9.27. The van der Waals surface area contributed by atoms with E-state index in [1.165, 1.54) is 12.8 Å². The summed E-state index contributed by atoms with van der Waals surface area (Å²) in [6, 6.07) is 0.562. The van der Waals surface area contributed by atoms with Crippen molar-refractivity contribution < 1.29 is 5.11 Å². The fraction of sp³-hybridized carbons (Fsp3) is 0.700. The highest BCUT2D eigenvalue weighted by Gasteiger charge is 2.52. The molecule has 2 saturated carbocycles. The Bertz CT molecular complexity index is 346. The fourth-order valence-electron chi connectivity index (χ4n) is 2.98. The largest absolute Gasteiger partial charge is 0.393 e. The van der Waals surface area contributed by atoms with Gasteiger partial charge in [0, 0.05) is 12.2 Å². The molecule has 1 aromatic heterocycles. The summed E-state index contributed by atoms with van der Waals surface area (Å²) in [5.74, 6) is 0.597. The van der Waals surface area contributed by atoms with Crippen molar-refractivity contribution in [1.29, 1.82) is 0 Å². The first-order valence-electron chi connectivity index (χ1n) is 5.14. The summed E-state index contributed by atoms with van der Waals surface area (Å²) in [6.45, 7) is 0. The lowest BCUT2D eigenvalue weighted by atomic mass is 9.53. The van der Waals surface area contributed by atoms with Crippen LogP contribution < -0.4 is 5.73 Å². The molecule has 0 aliphatic heterocycles. The highest BCUT2D eigenvalue weighted by molar-refractivity contribution is 5.23. The molecule has 0 atom stereocenters. The molecule has 4 nitrogen and oxygen atoms in total. The Kier molecular flexibility index (Phi) is 1.49. The van der Waals surface area contributed by atoms with E-state index in [1.807, 2.05) is 12.5 Å². The van der Waals surface area contributed by atoms with Gasteiger partial charge in [-0.3, -0.25) is 0 Å². The summed E-state index contributed by atoms with van der Waals surface area (Å²) in [4.78, 5) is 4.02. The monoisotopic (exact) mass is 193 g/mol. The number of nitrogen functional groups attached to an aromatic ring is 1. The van der Waals surface area contributed by atoms with Crippen molar-refractivity contribution in [3.8, 4) is 0 Å². The summed E-state index contributed by atoms with van der Waals surface area (Å²) >= 11 is 0. The quantitative estimate of drug-likeness (QED) is 0.697. The van der Waals surface area contributed by atoms with Crippen molar-refractivity contribution >= 4 is 5.82 Å². The highest BCUT2D eigenvalue weighted by Crippen LogP contribution is 2.60. The fourth-order valence-corrected chi connectivity index (χ4v) is 2.98. The number of aromatic nitrogens is 2. The van der Waals surface area contributed by atoms with Gasteiger partial charge >= 0.3 is 0 Å². The maximum Gasteiger partial charge on any atom is 0.141 e. The van der Waals surface area contributed by atoms with Crippen LogP contribution in [0.2, 0.25) is 0 Å². The van der Waals surface area contributed by atoms with E-state index < -0.39 is 0 Å². The molecule has 1 spiro atoms. The van der Waals surface area contributed by atoms with Gasteiger partial charge in [0.2, 0.25) is 0 Å². The average Bonchev–Trinajstić information content (AvgIpc) is 2.41. The molecule has 14 heavy (non-hydrogen) atoms. The van der Waals surface area contributed by atoms with E-state index in [0.717, 1.165) is 12.8 Å². The maximum atomic E-state index is 9.27. The molecule has 3 rings (SSSR count). The lowest BCUT2D eigenvalue weighted by Gasteiger charge is -2.56. The zero-order valence-electron chi connectivity index (χ0n) is 8.06. The Morgan fingerprint density at radius 3 is 2.64 bits per heavy atom. The van der Waals surface area contributed by atoms with E-state index in [-0.39, 0.29) is 6.10 Å². The number of hydrogen-bond acceptors (Lipinski definition) is 3. The van der Waals surface area contributed by atoms with Crippen LogP contribution in [-0.2, 0) is 0 Å². The molecule has 0 saturated heterocycles. The molecule has 3 N–H and O–H groups in total. The van der Waals surface area contributed by atoms with Gasteiger partial charge in [0.1, 0.15) is 5.82 Å². The van der Waals surface area contributed by atoms with E-state index in [0.29, 0.717) is 17.3 Å². The normalized spacial score (nSPS) is 40.6. The van der Waals surface area contributed by atoms with Crippen molar-refractivity contribution in [3.63, 3.8) is 0 Å². The topological polar surface area (TPSA) is 64.1 Å². The minimum Gasteiger partial charge on any atom is -0.393 e. The second-order valence-electron chi connectivity index (χ2n) is 4.87. The minimum atomic E-state index is -0.0381. The number of aliphatic hydroxyl groups is 1. The third-order valence-electron chi connectivity index (χ3n) is 3.72. The molecule has 4 heteroatoms. The van der Waals surface area contributed by atoms with Gasteiger partial charge in [0.25, 0.3) is 0 Å². The van der Waals surface area contributed by atoms with Gasteiger partial charge in [-0.2, -0.15) is 0 Å². The van der Waals surface area contributed by atoms with Gasteiger partial charge in [-0.25, -0.2) is 4.98 Å². The molecular formula is C10H15N3O. The van der Waals surface area contributed by atoms with Gasteiger partial charge in [-0.1, -0.05) is 0 Å². The highest BCUT2D eigenvalue weighted by atomic mass is 16.3. The van der Waals surface area contributed by atoms with E-state index in [9.17, 15) is 5.11 Å². The van der Waals surface area contributed by atoms with E-state index in [1.54, 1.807) is 0 Å². The van der Waals surface area contributed by atoms with E-state index >= 15 is 0 Å². The van der Waals surface area contributed by atoms with Gasteiger partial charge in [-0.15, -0.1) is 0 Å². The molecule has 0 aromatic carbocycles. The van der Waals surface area contributed by atoms with Crippen LogP contribution in [0.15, 0.2) is 12.5 Å². The number of imidazole rings is 1. The van der Waals surface area contributed by atoms with Crippen LogP contribution in [0.3, 0.4) is 0 Å². The molecule has 1 heterocycles. The molecule has 2 aliphatic rings. The first kappa shape index (κ1) is 8.29. The molecular weight excluding hydrogens is 178 g/mol. The van der Waals surface area contributed by atoms with Crippen LogP contribution in [0.4, 0.5) is 5.82 Å². The summed E-state index contributed by atoms with van der Waals surface area (Å²) in [5, 5.41) is 9.27. The molecule has 2 aliphatic carbocycles. The molecule has 76 valence electrons. The number of aliphatic hydroxyl groups excluding tert-OH is 1. The second-order valence-corrected chi connectivity index (χ2v) is 4.87. The van der Waals surface area contributed by atoms with Gasteiger partial charge in [0.05, 0.1) is 12.4 Å².